The van der Waals surface area contributed by atoms with Crippen molar-refractivity contribution >= 4 is 24.2 Å². The van der Waals surface area contributed by atoms with E-state index in [1.54, 1.807) is 0 Å². The van der Waals surface area contributed by atoms with Gasteiger partial charge in [-0.3, -0.25) is 9.59 Å². The van der Waals surface area contributed by atoms with Crippen molar-refractivity contribution in [2.45, 2.75) is 59.2 Å². The first-order chi connectivity index (χ1) is 14.2. The summed E-state index contributed by atoms with van der Waals surface area (Å²) >= 11 is 0. The Morgan fingerprint density at radius 2 is 1.60 bits per heavy atom. The molecule has 0 aliphatic heterocycles. The predicted octanol–water partition coefficient (Wildman–Crippen LogP) is 2.17. The molecule has 3 N–H and O–H groups in total. The van der Waals surface area contributed by atoms with Crippen LogP contribution in [0.5, 0.6) is 0 Å². The van der Waals surface area contributed by atoms with Gasteiger partial charge in [-0.05, 0) is 30.2 Å². The summed E-state index contributed by atoms with van der Waals surface area (Å²) in [5, 5.41) is 7.67. The van der Waals surface area contributed by atoms with Crippen LogP contribution in [-0.4, -0.2) is 42.8 Å². The van der Waals surface area contributed by atoms with Crippen LogP contribution in [0.15, 0.2) is 30.3 Å². The van der Waals surface area contributed by atoms with Gasteiger partial charge in [-0.1, -0.05) is 58.0 Å². The third kappa shape index (κ3) is 10.6. The highest BCUT2D eigenvalue weighted by Crippen LogP contribution is 2.07. The Morgan fingerprint density at radius 1 is 0.967 bits per heavy atom. The zero-order valence-corrected chi connectivity index (χ0v) is 18.1. The molecule has 2 atom stereocenters. The molecule has 3 amide bonds. The summed E-state index contributed by atoms with van der Waals surface area (Å²) in [4.78, 5) is 47.8. The molecule has 0 saturated heterocycles. The first-order valence-electron chi connectivity index (χ1n) is 10.2. The monoisotopic (exact) mass is 419 g/mol. The van der Waals surface area contributed by atoms with Crippen molar-refractivity contribution in [1.29, 1.82) is 0 Å². The maximum absolute atomic E-state index is 12.6. The first-order valence-corrected chi connectivity index (χ1v) is 10.2. The fourth-order valence-corrected chi connectivity index (χ4v) is 2.81. The van der Waals surface area contributed by atoms with Gasteiger partial charge in [0.25, 0.3) is 0 Å². The minimum Gasteiger partial charge on any atom is -0.445 e. The highest BCUT2D eigenvalue weighted by Gasteiger charge is 2.24. The topological polar surface area (TPSA) is 114 Å². The van der Waals surface area contributed by atoms with E-state index in [9.17, 15) is 19.2 Å². The van der Waals surface area contributed by atoms with Crippen LogP contribution in [0.4, 0.5) is 4.79 Å². The Kier molecular flexibility index (Phi) is 11.2. The third-order valence-electron chi connectivity index (χ3n) is 4.18. The number of benzene rings is 1. The van der Waals surface area contributed by atoms with Crippen LogP contribution < -0.4 is 16.0 Å². The summed E-state index contributed by atoms with van der Waals surface area (Å²) in [6.45, 7) is 7.54. The zero-order valence-electron chi connectivity index (χ0n) is 18.1. The van der Waals surface area contributed by atoms with Crippen LogP contribution >= 0.6 is 0 Å². The van der Waals surface area contributed by atoms with Gasteiger partial charge in [-0.25, -0.2) is 4.79 Å². The molecule has 0 bridgehead atoms. The Labute approximate surface area is 178 Å². The molecule has 0 heterocycles. The molecule has 166 valence electrons. The van der Waals surface area contributed by atoms with Crippen molar-refractivity contribution in [2.75, 3.05) is 6.54 Å². The number of amides is 3. The highest BCUT2D eigenvalue weighted by atomic mass is 16.5. The van der Waals surface area contributed by atoms with Gasteiger partial charge in [-0.2, -0.15) is 0 Å². The lowest BCUT2D eigenvalue weighted by atomic mass is 10.0. The molecule has 1 aromatic rings. The standard InChI is InChI=1S/C22H33N3O5/c1-15(2)10-18(13-26)24-21(28)19(11-16(3)4)25-20(27)12-23-22(29)30-14-17-8-6-5-7-9-17/h5-9,13,15-16,18-19H,10-12,14H2,1-4H3,(H,23,29)(H,24,28)(H,25,27)/t18-,19-/m0/s1. The fraction of sp³-hybridized carbons (Fsp3) is 0.545. The molecule has 0 saturated carbocycles. The van der Waals surface area contributed by atoms with Gasteiger partial charge in [0.05, 0.1) is 6.04 Å². The predicted molar refractivity (Wildman–Crippen MR) is 113 cm³/mol. The molecule has 0 aliphatic rings. The van der Waals surface area contributed by atoms with Gasteiger partial charge >= 0.3 is 6.09 Å². The molecular formula is C22H33N3O5. The number of hydrogen-bond acceptors (Lipinski definition) is 5. The van der Waals surface area contributed by atoms with Crippen LogP contribution in [0.1, 0.15) is 46.1 Å². The number of carbonyl (C=O) groups is 4. The van der Waals surface area contributed by atoms with Gasteiger partial charge < -0.3 is 25.5 Å². The van der Waals surface area contributed by atoms with Crippen LogP contribution in [0, 0.1) is 11.8 Å². The highest BCUT2D eigenvalue weighted by molar-refractivity contribution is 5.90. The summed E-state index contributed by atoms with van der Waals surface area (Å²) in [7, 11) is 0. The Hall–Kier alpha value is -2.90. The lowest BCUT2D eigenvalue weighted by Crippen LogP contribution is -2.52. The quantitative estimate of drug-likeness (QED) is 0.449. The van der Waals surface area contributed by atoms with E-state index in [4.69, 9.17) is 4.74 Å². The zero-order chi connectivity index (χ0) is 22.5. The van der Waals surface area contributed by atoms with Crippen molar-refractivity contribution in [2.24, 2.45) is 11.8 Å². The van der Waals surface area contributed by atoms with E-state index in [1.165, 1.54) is 0 Å². The normalized spacial score (nSPS) is 12.7. The molecule has 0 spiro atoms. The average Bonchev–Trinajstić information content (AvgIpc) is 2.69. The summed E-state index contributed by atoms with van der Waals surface area (Å²) in [6.07, 6.45) is 0.906. The summed E-state index contributed by atoms with van der Waals surface area (Å²) in [5.74, 6) is -0.546. The summed E-state index contributed by atoms with van der Waals surface area (Å²) in [5.41, 5.74) is 0.830. The van der Waals surface area contributed by atoms with E-state index in [0.29, 0.717) is 19.1 Å². The van der Waals surface area contributed by atoms with Crippen LogP contribution in [-0.2, 0) is 25.7 Å². The molecular weight excluding hydrogens is 386 g/mol. The first kappa shape index (κ1) is 25.1. The molecule has 1 rings (SSSR count). The molecule has 1 aromatic carbocycles. The molecule has 0 fully saturated rings. The second kappa shape index (κ2) is 13.3. The molecule has 0 aromatic heterocycles. The van der Waals surface area contributed by atoms with Crippen molar-refractivity contribution in [3.05, 3.63) is 35.9 Å². The van der Waals surface area contributed by atoms with Gasteiger partial charge in [0.1, 0.15) is 25.5 Å². The van der Waals surface area contributed by atoms with Crippen LogP contribution in [0.25, 0.3) is 0 Å². The minimum absolute atomic E-state index is 0.0929. The Balaban J connectivity index is 2.51. The average molecular weight is 420 g/mol. The lowest BCUT2D eigenvalue weighted by molar-refractivity contribution is -0.130. The van der Waals surface area contributed by atoms with Crippen molar-refractivity contribution in [1.82, 2.24) is 16.0 Å². The smallest absolute Gasteiger partial charge is 0.407 e. The van der Waals surface area contributed by atoms with Gasteiger partial charge in [0.15, 0.2) is 0 Å². The number of alkyl carbamates (subject to hydrolysis) is 1. The number of carbonyl (C=O) groups excluding carboxylic acids is 4. The van der Waals surface area contributed by atoms with E-state index >= 15 is 0 Å². The summed E-state index contributed by atoms with van der Waals surface area (Å²) < 4.78 is 5.05. The van der Waals surface area contributed by atoms with E-state index in [2.05, 4.69) is 16.0 Å². The Bertz CT molecular complexity index is 691. The van der Waals surface area contributed by atoms with Crippen molar-refractivity contribution in [3.63, 3.8) is 0 Å². The molecule has 30 heavy (non-hydrogen) atoms. The Morgan fingerprint density at radius 3 is 2.17 bits per heavy atom. The molecule has 8 heteroatoms. The van der Waals surface area contributed by atoms with E-state index in [1.807, 2.05) is 58.0 Å². The van der Waals surface area contributed by atoms with Crippen LogP contribution in [0.2, 0.25) is 0 Å². The maximum atomic E-state index is 12.6. The number of aldehydes is 1. The minimum atomic E-state index is -0.797. The second-order valence-electron chi connectivity index (χ2n) is 8.05. The molecule has 0 aliphatic carbocycles. The fourth-order valence-electron chi connectivity index (χ4n) is 2.81. The van der Waals surface area contributed by atoms with Crippen molar-refractivity contribution < 1.29 is 23.9 Å². The molecule has 8 nitrogen and oxygen atoms in total. The lowest BCUT2D eigenvalue weighted by Gasteiger charge is -2.23. The number of hydrogen-bond donors (Lipinski definition) is 3. The summed E-state index contributed by atoms with van der Waals surface area (Å²) in [6, 6.07) is 7.77. The maximum Gasteiger partial charge on any atom is 0.407 e. The van der Waals surface area contributed by atoms with E-state index < -0.39 is 30.0 Å². The van der Waals surface area contributed by atoms with E-state index in [0.717, 1.165) is 5.56 Å². The van der Waals surface area contributed by atoms with Gasteiger partial charge in [0, 0.05) is 0 Å². The van der Waals surface area contributed by atoms with Gasteiger partial charge in [0.2, 0.25) is 11.8 Å². The van der Waals surface area contributed by atoms with Gasteiger partial charge in [-0.15, -0.1) is 0 Å². The molecule has 0 radical (unpaired) electrons. The second-order valence-corrected chi connectivity index (χ2v) is 8.05. The van der Waals surface area contributed by atoms with E-state index in [-0.39, 0.29) is 25.0 Å². The third-order valence-corrected chi connectivity index (χ3v) is 4.18. The SMILES string of the molecule is CC(C)C[C@@H](C=O)NC(=O)[C@H](CC(C)C)NC(=O)CNC(=O)OCc1ccccc1. The number of nitrogens with one attached hydrogen (secondary N) is 3. The van der Waals surface area contributed by atoms with Crippen LogP contribution in [0.3, 0.4) is 0 Å². The van der Waals surface area contributed by atoms with Crippen molar-refractivity contribution in [3.8, 4) is 0 Å². The molecule has 0 unspecified atom stereocenters. The number of rotatable bonds is 12. The number of ether oxygens (including phenoxy) is 1. The largest absolute Gasteiger partial charge is 0.445 e.